The van der Waals surface area contributed by atoms with Crippen LogP contribution in [0.2, 0.25) is 0 Å². The van der Waals surface area contributed by atoms with Crippen molar-refractivity contribution in [2.45, 2.75) is 112 Å². The summed E-state index contributed by atoms with van der Waals surface area (Å²) in [6.07, 6.45) is 5.85. The number of rotatable bonds is 19. The van der Waals surface area contributed by atoms with Crippen molar-refractivity contribution in [2.24, 2.45) is 11.8 Å². The first-order valence-electron chi connectivity index (χ1n) is 13.3. The number of amides is 1. The number of ether oxygens (including phenoxy) is 2. The van der Waals surface area contributed by atoms with Gasteiger partial charge in [0.1, 0.15) is 12.7 Å². The van der Waals surface area contributed by atoms with E-state index in [4.69, 9.17) is 9.47 Å². The summed E-state index contributed by atoms with van der Waals surface area (Å²) in [6, 6.07) is -0.589. The second kappa shape index (κ2) is 27.1. The predicted octanol–water partition coefficient (Wildman–Crippen LogP) is 5.74. The molecular formula is C28H51NO6SY-2. The van der Waals surface area contributed by atoms with Gasteiger partial charge in [-0.25, -0.2) is 0 Å². The zero-order chi connectivity index (χ0) is 27.9. The summed E-state index contributed by atoms with van der Waals surface area (Å²) in [6.45, 7) is 17.7. The molecule has 9 heteroatoms. The van der Waals surface area contributed by atoms with Gasteiger partial charge in [-0.05, 0) is 24.7 Å². The van der Waals surface area contributed by atoms with Crippen LogP contribution >= 0.6 is 11.8 Å². The maximum absolute atomic E-state index is 12.3. The second-order valence-corrected chi connectivity index (χ2v) is 10.7. The number of carbonyl (C=O) groups is 4. The molecule has 2 unspecified atom stereocenters. The number of thioether (sulfide) groups is 1. The minimum absolute atomic E-state index is 0. The zero-order valence-electron chi connectivity index (χ0n) is 24.3. The summed E-state index contributed by atoms with van der Waals surface area (Å²) in [4.78, 5) is 48.2. The summed E-state index contributed by atoms with van der Waals surface area (Å²) in [5, 5.41) is 2.84. The molecule has 215 valence electrons. The van der Waals surface area contributed by atoms with Gasteiger partial charge in [-0.2, -0.15) is 25.6 Å². The summed E-state index contributed by atoms with van der Waals surface area (Å²) in [7, 11) is 0. The number of nitrogens with one attached hydrogen (secondary N) is 1. The molecule has 2 atom stereocenters. The molecular weight excluding hydrogens is 567 g/mol. The van der Waals surface area contributed by atoms with Gasteiger partial charge in [-0.1, -0.05) is 53.9 Å². The average Bonchev–Trinajstić information content (AvgIpc) is 2.81. The second-order valence-electron chi connectivity index (χ2n) is 9.67. The fraction of sp³-hybridized carbons (Fsp3) is 0.786. The Bertz CT molecular complexity index is 615. The molecule has 0 rings (SSSR count). The van der Waals surface area contributed by atoms with Gasteiger partial charge in [0.15, 0.2) is 5.78 Å². The molecule has 7 nitrogen and oxygen atoms in total. The Morgan fingerprint density at radius 3 is 1.95 bits per heavy atom. The van der Waals surface area contributed by atoms with Crippen LogP contribution in [0.1, 0.15) is 99.8 Å². The maximum Gasteiger partial charge on any atom is 0.305 e. The van der Waals surface area contributed by atoms with Crippen LogP contribution in [0.3, 0.4) is 0 Å². The van der Waals surface area contributed by atoms with Crippen LogP contribution in [0.25, 0.3) is 0 Å². The fourth-order valence-corrected chi connectivity index (χ4v) is 4.06. The molecule has 1 radical (unpaired) electrons. The fourth-order valence-electron chi connectivity index (χ4n) is 2.99. The largest absolute Gasteiger partial charge is 0.462 e. The molecule has 0 heterocycles. The number of hydrogen-bond donors (Lipinski definition) is 1. The summed E-state index contributed by atoms with van der Waals surface area (Å²) >= 11 is 1.39. The van der Waals surface area contributed by atoms with Gasteiger partial charge < -0.3 is 28.1 Å². The zero-order valence-corrected chi connectivity index (χ0v) is 28.0. The molecule has 0 spiro atoms. The van der Waals surface area contributed by atoms with Crippen LogP contribution in [-0.4, -0.2) is 53.9 Å². The van der Waals surface area contributed by atoms with Crippen molar-refractivity contribution in [3.05, 3.63) is 13.3 Å². The Morgan fingerprint density at radius 1 is 0.919 bits per heavy atom. The number of Topliss-reactive ketones (excluding diaryl/α,β-unsaturated/α-hetero) is 1. The van der Waals surface area contributed by atoms with Crippen LogP contribution in [0.15, 0.2) is 0 Å². The van der Waals surface area contributed by atoms with Gasteiger partial charge in [0.25, 0.3) is 5.97 Å². The van der Waals surface area contributed by atoms with Crippen molar-refractivity contribution in [1.82, 2.24) is 5.32 Å². The molecule has 0 saturated heterocycles. The van der Waals surface area contributed by atoms with E-state index in [2.05, 4.69) is 39.9 Å². The standard InChI is InChI=1S/C25H44NO6S.C3H7.Y/c1-7-22(27)21(26-23(28)13-9-11-18(3)4)17-33-16-20(32-24(29)8-2)15-31-25(30)14-10-12-19(5)6;1-3-2;/h18-21H,2,7-17H2,1,3-6H3,(H,26,28);3H,1-2H3;/q2*-1;. The van der Waals surface area contributed by atoms with Crippen LogP contribution in [0.5, 0.6) is 0 Å². The molecule has 0 bridgehead atoms. The Hall–Kier alpha value is -0.466. The van der Waals surface area contributed by atoms with E-state index in [-0.39, 0.29) is 63.4 Å². The predicted molar refractivity (Wildman–Crippen MR) is 148 cm³/mol. The minimum atomic E-state index is -0.627. The Labute approximate surface area is 256 Å². The van der Waals surface area contributed by atoms with Crippen LogP contribution < -0.4 is 5.32 Å². The van der Waals surface area contributed by atoms with E-state index in [0.717, 1.165) is 25.7 Å². The van der Waals surface area contributed by atoms with E-state index in [0.29, 0.717) is 42.6 Å². The monoisotopic (exact) mass is 618 g/mol. The number of ketones is 1. The van der Waals surface area contributed by atoms with Gasteiger partial charge in [0.2, 0.25) is 5.91 Å². The molecule has 1 amide bonds. The van der Waals surface area contributed by atoms with Gasteiger partial charge in [0.05, 0.1) is 6.04 Å². The van der Waals surface area contributed by atoms with Crippen molar-refractivity contribution in [3.8, 4) is 0 Å². The first kappa shape index (κ1) is 41.0. The van der Waals surface area contributed by atoms with Gasteiger partial charge in [-0.3, -0.25) is 19.2 Å². The molecule has 0 fully saturated rings. The third-order valence-electron chi connectivity index (χ3n) is 4.94. The molecule has 0 aliphatic heterocycles. The average molecular weight is 619 g/mol. The van der Waals surface area contributed by atoms with Crippen molar-refractivity contribution in [3.63, 3.8) is 0 Å². The molecule has 0 aliphatic rings. The SMILES string of the molecule is C[CH-]C.[CH2-]CC(=O)OC(COC(=O)CCCC(C)C)CSCC(NC(=O)CCCC(C)C)C(=O)CC.[Y]. The molecule has 37 heavy (non-hydrogen) atoms. The Kier molecular flexibility index (Phi) is 30.1. The van der Waals surface area contributed by atoms with Gasteiger partial charge >= 0.3 is 5.97 Å². The van der Waals surface area contributed by atoms with E-state index in [1.54, 1.807) is 6.92 Å². The molecule has 0 aromatic rings. The van der Waals surface area contributed by atoms with Crippen LogP contribution in [-0.2, 0) is 61.4 Å². The third kappa shape index (κ3) is 26.9. The minimum Gasteiger partial charge on any atom is -0.462 e. The van der Waals surface area contributed by atoms with E-state index in [9.17, 15) is 19.2 Å². The number of hydrogen-bond acceptors (Lipinski definition) is 7. The van der Waals surface area contributed by atoms with E-state index in [1.165, 1.54) is 11.8 Å². The topological polar surface area (TPSA) is 98.8 Å². The summed E-state index contributed by atoms with van der Waals surface area (Å²) < 4.78 is 10.6. The van der Waals surface area contributed by atoms with Crippen molar-refractivity contribution in [2.75, 3.05) is 18.1 Å². The third-order valence-corrected chi connectivity index (χ3v) is 6.12. The normalized spacial score (nSPS) is 12.1. The quantitative estimate of drug-likeness (QED) is 0.146. The van der Waals surface area contributed by atoms with E-state index < -0.39 is 18.1 Å². The summed E-state index contributed by atoms with van der Waals surface area (Å²) in [5.41, 5.74) is 0. The smallest absolute Gasteiger partial charge is 0.305 e. The van der Waals surface area contributed by atoms with Crippen molar-refractivity contribution < 1.29 is 61.4 Å². The Balaban J connectivity index is -0.00000274. The van der Waals surface area contributed by atoms with Crippen LogP contribution in [0, 0.1) is 25.2 Å². The van der Waals surface area contributed by atoms with Gasteiger partial charge in [0, 0.05) is 63.5 Å². The van der Waals surface area contributed by atoms with Gasteiger partial charge in [-0.15, -0.1) is 0 Å². The first-order valence-corrected chi connectivity index (χ1v) is 14.4. The van der Waals surface area contributed by atoms with Crippen molar-refractivity contribution in [1.29, 1.82) is 0 Å². The molecule has 0 aromatic carbocycles. The first-order chi connectivity index (χ1) is 17.0. The summed E-state index contributed by atoms with van der Waals surface area (Å²) in [5.74, 6) is 0.810. The molecule has 0 aliphatic carbocycles. The molecule has 0 saturated carbocycles. The van der Waals surface area contributed by atoms with E-state index >= 15 is 0 Å². The van der Waals surface area contributed by atoms with E-state index in [1.807, 2.05) is 20.3 Å². The molecule has 0 aromatic heterocycles. The number of carbonyl (C=O) groups excluding carboxylic acids is 4. The maximum atomic E-state index is 12.3. The van der Waals surface area contributed by atoms with Crippen molar-refractivity contribution >= 4 is 35.4 Å². The molecule has 1 N–H and O–H groups in total. The number of esters is 2. The van der Waals surface area contributed by atoms with Crippen LogP contribution in [0.4, 0.5) is 0 Å². The Morgan fingerprint density at radius 2 is 1.46 bits per heavy atom.